The fourth-order valence-corrected chi connectivity index (χ4v) is 8.20. The largest absolute Gasteiger partial charge is 0.478 e. The van der Waals surface area contributed by atoms with Gasteiger partial charge in [0.05, 0.1) is 29.3 Å². The van der Waals surface area contributed by atoms with Gasteiger partial charge in [-0.1, -0.05) is 88.3 Å². The molecule has 0 bridgehead atoms. The lowest BCUT2D eigenvalue weighted by Gasteiger charge is -2.25. The highest BCUT2D eigenvalue weighted by molar-refractivity contribution is 7.99. The first-order valence-electron chi connectivity index (χ1n) is 18.4. The number of carbonyl (C=O) groups is 2. The van der Waals surface area contributed by atoms with Crippen LogP contribution < -0.4 is 5.32 Å². The highest BCUT2D eigenvalue weighted by Crippen LogP contribution is 2.42. The second kappa shape index (κ2) is 18.1. The predicted octanol–water partition coefficient (Wildman–Crippen LogP) is 12.1. The maximum absolute atomic E-state index is 14.0. The van der Waals surface area contributed by atoms with Crippen molar-refractivity contribution in [1.29, 1.82) is 0 Å². The summed E-state index contributed by atoms with van der Waals surface area (Å²) >= 11 is 6.81. The number of unbranched alkanes of at least 4 members (excludes halogenated alkanes) is 7. The van der Waals surface area contributed by atoms with E-state index in [1.807, 2.05) is 24.3 Å². The zero-order chi connectivity index (χ0) is 39.0. The molecule has 0 spiro atoms. The lowest BCUT2D eigenvalue weighted by molar-refractivity contribution is -0.137. The monoisotopic (exact) mass is 792 g/mol. The number of aromatic nitrogens is 2. The third-order valence-electron chi connectivity index (χ3n) is 9.60. The minimum Gasteiger partial charge on any atom is -0.478 e. The number of oxazole rings is 1. The summed E-state index contributed by atoms with van der Waals surface area (Å²) in [4.78, 5) is 32.7. The summed E-state index contributed by atoms with van der Waals surface area (Å²) in [5, 5.41) is 14.0. The average molecular weight is 793 g/mol. The Balaban J connectivity index is 0.000000362. The van der Waals surface area contributed by atoms with Crippen LogP contribution in [0.25, 0.3) is 33.2 Å². The number of benzene rings is 3. The number of hydrogen-bond donors (Lipinski definition) is 4. The molecule has 290 valence electrons. The highest BCUT2D eigenvalue weighted by atomic mass is 32.2. The predicted molar refractivity (Wildman–Crippen MR) is 213 cm³/mol. The van der Waals surface area contributed by atoms with Gasteiger partial charge in [0.2, 0.25) is 0 Å². The number of para-hydroxylation sites is 1. The van der Waals surface area contributed by atoms with Crippen LogP contribution in [0.15, 0.2) is 87.9 Å². The van der Waals surface area contributed by atoms with E-state index in [2.05, 4.69) is 22.2 Å². The summed E-state index contributed by atoms with van der Waals surface area (Å²) < 4.78 is 50.9. The smallest absolute Gasteiger partial charge is 0.416 e. The molecular formula is C41H43F3N4O5S2. The van der Waals surface area contributed by atoms with Crippen LogP contribution in [0.1, 0.15) is 96.3 Å². The summed E-state index contributed by atoms with van der Waals surface area (Å²) in [6.07, 6.45) is 6.84. The molecule has 55 heavy (non-hydrogen) atoms. The maximum Gasteiger partial charge on any atom is 0.416 e. The van der Waals surface area contributed by atoms with Crippen LogP contribution in [0.5, 0.6) is 0 Å². The molecule has 3 aromatic heterocycles. The second-order valence-electron chi connectivity index (χ2n) is 13.4. The van der Waals surface area contributed by atoms with E-state index in [0.29, 0.717) is 22.6 Å². The number of rotatable bonds is 14. The van der Waals surface area contributed by atoms with E-state index in [9.17, 15) is 22.8 Å². The molecule has 1 amide bonds. The molecule has 0 radical (unpaired) electrons. The van der Waals surface area contributed by atoms with Gasteiger partial charge in [0.25, 0.3) is 10.7 Å². The minimum absolute atomic E-state index is 0.00344. The molecule has 4 N–H and O–H groups in total. The van der Waals surface area contributed by atoms with Crippen molar-refractivity contribution in [2.45, 2.75) is 70.5 Å². The molecule has 0 unspecified atom stereocenters. The summed E-state index contributed by atoms with van der Waals surface area (Å²) in [5.41, 5.74) is 2.23. The number of alkyl halides is 3. The van der Waals surface area contributed by atoms with Gasteiger partial charge in [-0.15, -0.1) is 11.8 Å². The van der Waals surface area contributed by atoms with Crippen LogP contribution in [0.4, 0.5) is 19.0 Å². The topological polar surface area (TPSA) is 128 Å². The Morgan fingerprint density at radius 2 is 1.69 bits per heavy atom. The maximum atomic E-state index is 14.0. The molecule has 4 heterocycles. The molecule has 1 aliphatic heterocycles. The molecule has 7 rings (SSSR count). The van der Waals surface area contributed by atoms with E-state index in [-0.39, 0.29) is 39.4 Å². The molecule has 3 aromatic carbocycles. The number of amides is 1. The quantitative estimate of drug-likeness (QED) is 0.0634. The molecule has 14 heteroatoms. The number of aromatic amines is 2. The Kier molecular flexibility index (Phi) is 13.1. The lowest BCUT2D eigenvalue weighted by atomic mass is 10.0. The van der Waals surface area contributed by atoms with Crippen LogP contribution in [0.3, 0.4) is 0 Å². The van der Waals surface area contributed by atoms with Gasteiger partial charge in [0.15, 0.2) is 11.5 Å². The van der Waals surface area contributed by atoms with Crippen molar-refractivity contribution in [3.63, 3.8) is 0 Å². The molecule has 6 aromatic rings. The van der Waals surface area contributed by atoms with Gasteiger partial charge in [0, 0.05) is 39.7 Å². The number of carbonyl (C=O) groups excluding carboxylic acids is 1. The van der Waals surface area contributed by atoms with Crippen molar-refractivity contribution in [2.24, 2.45) is 0 Å². The fraction of sp³-hybridized carbons (Fsp3) is 0.341. The zero-order valence-corrected chi connectivity index (χ0v) is 32.0. The first-order valence-corrected chi connectivity index (χ1v) is 20.0. The Morgan fingerprint density at radius 1 is 0.945 bits per heavy atom. The summed E-state index contributed by atoms with van der Waals surface area (Å²) in [6.45, 7) is 3.05. The highest BCUT2D eigenvalue weighted by Gasteiger charge is 2.37. The van der Waals surface area contributed by atoms with Crippen LogP contribution >= 0.6 is 24.0 Å². The first-order chi connectivity index (χ1) is 26.6. The van der Waals surface area contributed by atoms with Crippen molar-refractivity contribution in [1.82, 2.24) is 14.9 Å². The standard InChI is InChI=1S/C32H37F3N4O2S2.C9H6O3/c1-2-3-4-5-6-7-8-11-17-36-29-26(23-15-9-10-16-24(23)37-29)25-19-43-20-39(25)30(40)27-28(41-31(42)38-27)21-13-12-14-22(18-21)32(33,34)35;10-9(11)7-2-1-3-8-6(7)4-5-12-8/h9-10,12-16,18,25,36-37H,2-8,11,17,19-20H2,1H3,(H,38,42);1-5H,(H,10,11)/t25-;/m0./s1. The van der Waals surface area contributed by atoms with E-state index < -0.39 is 17.7 Å². The van der Waals surface area contributed by atoms with Gasteiger partial charge in [-0.25, -0.2) is 4.79 Å². The van der Waals surface area contributed by atoms with E-state index in [1.165, 1.54) is 56.9 Å². The van der Waals surface area contributed by atoms with Crippen molar-refractivity contribution in [3.05, 3.63) is 106 Å². The average Bonchev–Trinajstić information content (AvgIpc) is 3.99. The number of thioether (sulfide) groups is 1. The Bertz CT molecular complexity index is 2290. The first kappa shape index (κ1) is 39.7. The van der Waals surface area contributed by atoms with Crippen LogP contribution in [0.2, 0.25) is 0 Å². The summed E-state index contributed by atoms with van der Waals surface area (Å²) in [7, 11) is 0. The summed E-state index contributed by atoms with van der Waals surface area (Å²) in [5.74, 6) is 0.700. The number of aromatic carboxylic acids is 1. The Hall–Kier alpha value is -4.95. The van der Waals surface area contributed by atoms with Crippen molar-refractivity contribution in [3.8, 4) is 11.3 Å². The van der Waals surface area contributed by atoms with Crippen molar-refractivity contribution in [2.75, 3.05) is 23.5 Å². The lowest BCUT2D eigenvalue weighted by Crippen LogP contribution is -2.32. The number of nitrogens with one attached hydrogen (secondary N) is 3. The number of furan rings is 1. The Labute approximate surface area is 325 Å². The van der Waals surface area contributed by atoms with Gasteiger partial charge in [-0.3, -0.25) is 4.79 Å². The molecule has 1 atom stereocenters. The normalized spacial score (nSPS) is 14.3. The number of halogens is 3. The Morgan fingerprint density at radius 3 is 2.45 bits per heavy atom. The molecule has 9 nitrogen and oxygen atoms in total. The van der Waals surface area contributed by atoms with Crippen LogP contribution in [-0.2, 0) is 6.18 Å². The van der Waals surface area contributed by atoms with E-state index in [0.717, 1.165) is 53.8 Å². The van der Waals surface area contributed by atoms with Crippen LogP contribution in [-0.4, -0.2) is 50.0 Å². The van der Waals surface area contributed by atoms with Gasteiger partial charge in [0.1, 0.15) is 11.4 Å². The number of fused-ring (bicyclic) bond motifs is 2. The van der Waals surface area contributed by atoms with Crippen molar-refractivity contribution >= 4 is 63.5 Å². The van der Waals surface area contributed by atoms with Gasteiger partial charge < -0.3 is 34.1 Å². The zero-order valence-electron chi connectivity index (χ0n) is 30.3. The molecular weight excluding hydrogens is 750 g/mol. The summed E-state index contributed by atoms with van der Waals surface area (Å²) in [6, 6.07) is 19.1. The molecule has 1 fully saturated rings. The van der Waals surface area contributed by atoms with Gasteiger partial charge in [-0.2, -0.15) is 13.2 Å². The number of anilines is 1. The molecule has 1 saturated heterocycles. The second-order valence-corrected chi connectivity index (χ2v) is 14.8. The number of carboxylic acid groups (broad SMARTS) is 1. The van der Waals surface area contributed by atoms with Gasteiger partial charge >= 0.3 is 12.1 Å². The molecule has 0 saturated carbocycles. The minimum atomic E-state index is -4.53. The molecule has 0 aliphatic carbocycles. The van der Waals surface area contributed by atoms with E-state index in [4.69, 9.17) is 26.2 Å². The third-order valence-corrected chi connectivity index (χ3v) is 10.8. The van der Waals surface area contributed by atoms with E-state index >= 15 is 0 Å². The third kappa shape index (κ3) is 9.48. The molecule has 1 aliphatic rings. The fourth-order valence-electron chi connectivity index (χ4n) is 6.85. The van der Waals surface area contributed by atoms with Gasteiger partial charge in [-0.05, 0) is 55.0 Å². The van der Waals surface area contributed by atoms with Crippen LogP contribution in [0, 0.1) is 4.84 Å². The SMILES string of the molecule is CCCCCCCCCCNc1[nH]c2ccccc2c1[C@@H]1CSCN1C(=O)c1[nH]c(=S)oc1-c1cccc(C(F)(F)F)c1.O=C(O)c1cccc2occc12. The number of hydrogen-bond acceptors (Lipinski definition) is 7. The van der Waals surface area contributed by atoms with Crippen molar-refractivity contribution < 1.29 is 36.7 Å². The van der Waals surface area contributed by atoms with E-state index in [1.54, 1.807) is 40.9 Å². The number of carboxylic acids is 1. The number of nitrogens with zero attached hydrogens (tertiary/aromatic N) is 1. The number of H-pyrrole nitrogens is 2.